The number of nitrogens with zero attached hydrogens (tertiary/aromatic N) is 1. The molecule has 0 spiro atoms. The van der Waals surface area contributed by atoms with Crippen LogP contribution in [0, 0.1) is 0 Å². The van der Waals surface area contributed by atoms with Crippen LogP contribution in [0.5, 0.6) is 11.5 Å². The van der Waals surface area contributed by atoms with E-state index in [0.29, 0.717) is 12.4 Å². The van der Waals surface area contributed by atoms with Gasteiger partial charge in [0.15, 0.2) is 0 Å². The molecule has 0 N–H and O–H groups in total. The minimum atomic E-state index is 0.0655. The third-order valence-electron chi connectivity index (χ3n) is 6.22. The molecule has 1 aliphatic heterocycles. The lowest BCUT2D eigenvalue weighted by Crippen LogP contribution is -2.41. The minimum absolute atomic E-state index is 0.0655. The predicted molar refractivity (Wildman–Crippen MR) is 128 cm³/mol. The summed E-state index contributed by atoms with van der Waals surface area (Å²) in [6, 6.07) is 12.2. The number of allylic oxidation sites excluding steroid dienone is 1. The van der Waals surface area contributed by atoms with Gasteiger partial charge >= 0.3 is 0 Å². The largest absolute Gasteiger partial charge is 0.496 e. The number of piperidine rings is 1. The molecule has 32 heavy (non-hydrogen) atoms. The summed E-state index contributed by atoms with van der Waals surface area (Å²) in [6.45, 7) is 7.52. The van der Waals surface area contributed by atoms with Crippen molar-refractivity contribution in [3.8, 4) is 22.6 Å². The van der Waals surface area contributed by atoms with Crippen LogP contribution in [0.4, 0.5) is 0 Å². The molecular formula is C27H31NO4. The lowest BCUT2D eigenvalue weighted by molar-refractivity contribution is -0.129. The number of rotatable bonds is 6. The quantitative estimate of drug-likeness (QED) is 0.427. The number of likely N-dealkylation sites (tertiary alicyclic amines) is 1. The lowest BCUT2D eigenvalue weighted by atomic mass is 9.98. The van der Waals surface area contributed by atoms with Gasteiger partial charge in [-0.15, -0.1) is 0 Å². The third kappa shape index (κ3) is 4.38. The number of benzene rings is 2. The molecule has 1 fully saturated rings. The van der Waals surface area contributed by atoms with Crippen molar-refractivity contribution in [2.75, 3.05) is 20.3 Å². The summed E-state index contributed by atoms with van der Waals surface area (Å²) in [4.78, 5) is 14.9. The Bertz CT molecular complexity index is 1130. The Balaban J connectivity index is 1.70. The highest BCUT2D eigenvalue weighted by atomic mass is 16.5. The Morgan fingerprint density at radius 3 is 2.69 bits per heavy atom. The van der Waals surface area contributed by atoms with Gasteiger partial charge in [-0.05, 0) is 69.4 Å². The van der Waals surface area contributed by atoms with Crippen LogP contribution in [0.2, 0.25) is 0 Å². The Morgan fingerprint density at radius 1 is 1.22 bits per heavy atom. The average Bonchev–Trinajstić information content (AvgIpc) is 3.22. The average molecular weight is 434 g/mol. The van der Waals surface area contributed by atoms with Crippen LogP contribution < -0.4 is 9.47 Å². The highest BCUT2D eigenvalue weighted by Gasteiger charge is 2.22. The highest BCUT2D eigenvalue weighted by molar-refractivity contribution is 6.00. The molecule has 0 aliphatic carbocycles. The van der Waals surface area contributed by atoms with Gasteiger partial charge in [-0.3, -0.25) is 4.79 Å². The van der Waals surface area contributed by atoms with Crippen LogP contribution in [0.25, 0.3) is 27.7 Å². The molecule has 1 atom stereocenters. The molecule has 1 amide bonds. The van der Waals surface area contributed by atoms with Crippen LogP contribution >= 0.6 is 0 Å². The second kappa shape index (κ2) is 9.51. The highest BCUT2D eigenvalue weighted by Crippen LogP contribution is 2.38. The number of amides is 1. The van der Waals surface area contributed by atoms with Crippen molar-refractivity contribution in [1.82, 2.24) is 4.90 Å². The zero-order valence-electron chi connectivity index (χ0n) is 19.3. The molecule has 5 heteroatoms. The molecule has 2 heterocycles. The zero-order chi connectivity index (χ0) is 22.7. The number of hydrogen-bond acceptors (Lipinski definition) is 4. The number of carbonyl (C=O) groups is 1. The Hall–Kier alpha value is -3.21. The van der Waals surface area contributed by atoms with Crippen LogP contribution in [0.15, 0.2) is 53.2 Å². The second-order valence-electron chi connectivity index (χ2n) is 8.36. The first-order valence-electron chi connectivity index (χ1n) is 11.3. The van der Waals surface area contributed by atoms with E-state index < -0.39 is 0 Å². The molecule has 0 bridgehead atoms. The Kier molecular flexibility index (Phi) is 6.54. The van der Waals surface area contributed by atoms with Crippen molar-refractivity contribution in [3.63, 3.8) is 0 Å². The summed E-state index contributed by atoms with van der Waals surface area (Å²) in [7, 11) is 1.64. The van der Waals surface area contributed by atoms with Gasteiger partial charge in [0.05, 0.1) is 20.0 Å². The van der Waals surface area contributed by atoms with Gasteiger partial charge < -0.3 is 18.8 Å². The van der Waals surface area contributed by atoms with Crippen molar-refractivity contribution in [2.24, 2.45) is 0 Å². The van der Waals surface area contributed by atoms with Gasteiger partial charge in [-0.25, -0.2) is 0 Å². The molecule has 0 saturated carbocycles. The second-order valence-corrected chi connectivity index (χ2v) is 8.36. The SMILES string of the molecule is CCOc1ccc(-c2coc3cc(OC)c(/C(C)=C/C(=O)N4CCCCC4C)cc23)cc1. The third-order valence-corrected chi connectivity index (χ3v) is 6.22. The molecule has 1 aliphatic rings. The molecular weight excluding hydrogens is 402 g/mol. The number of hydrogen-bond donors (Lipinski definition) is 0. The molecule has 1 unspecified atom stereocenters. The van der Waals surface area contributed by atoms with Crippen LogP contribution in [0.1, 0.15) is 45.6 Å². The summed E-state index contributed by atoms with van der Waals surface area (Å²) in [6.07, 6.45) is 6.82. The summed E-state index contributed by atoms with van der Waals surface area (Å²) in [5.74, 6) is 1.60. The van der Waals surface area contributed by atoms with Gasteiger partial charge in [0.25, 0.3) is 0 Å². The normalized spacial score (nSPS) is 16.9. The first-order chi connectivity index (χ1) is 15.5. The molecule has 0 radical (unpaired) electrons. The minimum Gasteiger partial charge on any atom is -0.496 e. The molecule has 3 aromatic rings. The molecule has 5 nitrogen and oxygen atoms in total. The molecule has 1 aromatic heterocycles. The molecule has 2 aromatic carbocycles. The maximum atomic E-state index is 13.0. The summed E-state index contributed by atoms with van der Waals surface area (Å²) in [5.41, 5.74) is 4.56. The number of carbonyl (C=O) groups excluding carboxylic acids is 1. The van der Waals surface area contributed by atoms with Crippen molar-refractivity contribution in [2.45, 2.75) is 46.1 Å². The fraction of sp³-hybridized carbons (Fsp3) is 0.370. The van der Waals surface area contributed by atoms with E-state index in [1.165, 1.54) is 6.42 Å². The van der Waals surface area contributed by atoms with E-state index >= 15 is 0 Å². The number of methoxy groups -OCH3 is 1. The van der Waals surface area contributed by atoms with Gasteiger partial charge in [0.1, 0.15) is 17.1 Å². The van der Waals surface area contributed by atoms with Gasteiger partial charge in [0, 0.05) is 41.2 Å². The van der Waals surface area contributed by atoms with Crippen LogP contribution in [-0.2, 0) is 4.79 Å². The van der Waals surface area contributed by atoms with E-state index in [9.17, 15) is 4.79 Å². The monoisotopic (exact) mass is 433 g/mol. The van der Waals surface area contributed by atoms with E-state index in [-0.39, 0.29) is 11.9 Å². The summed E-state index contributed by atoms with van der Waals surface area (Å²) in [5, 5.41) is 0.983. The number of furan rings is 1. The fourth-order valence-electron chi connectivity index (χ4n) is 4.42. The maximum Gasteiger partial charge on any atom is 0.247 e. The van der Waals surface area contributed by atoms with E-state index in [1.54, 1.807) is 19.4 Å². The Labute approximate surface area is 189 Å². The first kappa shape index (κ1) is 22.0. The topological polar surface area (TPSA) is 51.9 Å². The van der Waals surface area contributed by atoms with E-state index in [1.807, 2.05) is 49.1 Å². The summed E-state index contributed by atoms with van der Waals surface area (Å²) < 4.78 is 17.0. The van der Waals surface area contributed by atoms with Crippen molar-refractivity contribution >= 4 is 22.4 Å². The predicted octanol–water partition coefficient (Wildman–Crippen LogP) is 6.31. The number of ether oxygens (including phenoxy) is 2. The Morgan fingerprint density at radius 2 is 2.00 bits per heavy atom. The van der Waals surface area contributed by atoms with Crippen molar-refractivity contribution < 1.29 is 18.7 Å². The van der Waals surface area contributed by atoms with Crippen LogP contribution in [0.3, 0.4) is 0 Å². The first-order valence-corrected chi connectivity index (χ1v) is 11.3. The molecule has 4 rings (SSSR count). The van der Waals surface area contributed by atoms with Crippen molar-refractivity contribution in [3.05, 3.63) is 54.3 Å². The lowest BCUT2D eigenvalue weighted by Gasteiger charge is -2.32. The maximum absolute atomic E-state index is 13.0. The standard InChI is InChI=1S/C27H31NO4/c1-5-31-21-11-9-20(10-12-21)24-17-32-26-16-25(30-4)22(15-23(24)26)18(2)14-27(29)28-13-7-6-8-19(28)3/h9-12,14-17,19H,5-8,13H2,1-4H3/b18-14+. The molecule has 1 saturated heterocycles. The molecule has 168 valence electrons. The van der Waals surface area contributed by atoms with Crippen LogP contribution in [-0.4, -0.2) is 37.1 Å². The van der Waals surface area contributed by atoms with E-state index in [0.717, 1.165) is 58.4 Å². The van der Waals surface area contributed by atoms with Gasteiger partial charge in [-0.1, -0.05) is 12.1 Å². The zero-order valence-corrected chi connectivity index (χ0v) is 19.3. The van der Waals surface area contributed by atoms with E-state index in [4.69, 9.17) is 13.9 Å². The smallest absolute Gasteiger partial charge is 0.247 e. The number of fused-ring (bicyclic) bond motifs is 1. The summed E-state index contributed by atoms with van der Waals surface area (Å²) >= 11 is 0. The van der Waals surface area contributed by atoms with Gasteiger partial charge in [-0.2, -0.15) is 0 Å². The van der Waals surface area contributed by atoms with Crippen molar-refractivity contribution in [1.29, 1.82) is 0 Å². The van der Waals surface area contributed by atoms with Gasteiger partial charge in [0.2, 0.25) is 5.91 Å². The van der Waals surface area contributed by atoms with E-state index in [2.05, 4.69) is 13.0 Å². The fourth-order valence-corrected chi connectivity index (χ4v) is 4.42.